The van der Waals surface area contributed by atoms with Crippen LogP contribution in [0.5, 0.6) is 0 Å². The van der Waals surface area contributed by atoms with Gasteiger partial charge in [0.2, 0.25) is 5.91 Å². The number of hydrogen-bond donors (Lipinski definition) is 2. The van der Waals surface area contributed by atoms with E-state index in [-0.39, 0.29) is 23.7 Å². The molecule has 8 heteroatoms. The van der Waals surface area contributed by atoms with Crippen molar-refractivity contribution in [3.05, 3.63) is 50.5 Å². The smallest absolute Gasteiger partial charge is 0.292 e. The Balaban J connectivity index is 2.06. The van der Waals surface area contributed by atoms with Crippen molar-refractivity contribution in [3.63, 3.8) is 0 Å². The SMILES string of the molecule is NCc1nc(CC(=O)Nc2ccccc2[N+](=O)[O-])cs1. The second-order valence-corrected chi connectivity index (χ2v) is 4.88. The van der Waals surface area contributed by atoms with Gasteiger partial charge in [0.15, 0.2) is 0 Å². The molecule has 20 heavy (non-hydrogen) atoms. The summed E-state index contributed by atoms with van der Waals surface area (Å²) < 4.78 is 0. The first-order valence-corrected chi connectivity index (χ1v) is 6.64. The van der Waals surface area contributed by atoms with Gasteiger partial charge >= 0.3 is 0 Å². The van der Waals surface area contributed by atoms with Gasteiger partial charge in [0.05, 0.1) is 17.0 Å². The van der Waals surface area contributed by atoms with Crippen molar-refractivity contribution in [3.8, 4) is 0 Å². The van der Waals surface area contributed by atoms with E-state index >= 15 is 0 Å². The highest BCUT2D eigenvalue weighted by Crippen LogP contribution is 2.23. The number of thiazole rings is 1. The highest BCUT2D eigenvalue weighted by molar-refractivity contribution is 7.09. The first kappa shape index (κ1) is 14.1. The molecule has 0 unspecified atom stereocenters. The number of benzene rings is 1. The molecule has 0 spiro atoms. The molecular formula is C12H12N4O3S. The molecule has 3 N–H and O–H groups in total. The summed E-state index contributed by atoms with van der Waals surface area (Å²) >= 11 is 1.38. The number of nitro benzene ring substituents is 1. The molecule has 0 fully saturated rings. The number of nitrogens with two attached hydrogens (primary N) is 1. The number of anilines is 1. The fourth-order valence-electron chi connectivity index (χ4n) is 1.62. The number of nitrogens with zero attached hydrogens (tertiary/aromatic N) is 2. The Morgan fingerprint density at radius 2 is 2.20 bits per heavy atom. The number of hydrogen-bond acceptors (Lipinski definition) is 6. The van der Waals surface area contributed by atoms with E-state index in [0.29, 0.717) is 12.2 Å². The van der Waals surface area contributed by atoms with Gasteiger partial charge in [-0.15, -0.1) is 11.3 Å². The molecule has 0 atom stereocenters. The second kappa shape index (κ2) is 6.22. The van der Waals surface area contributed by atoms with Crippen molar-refractivity contribution in [1.82, 2.24) is 4.98 Å². The second-order valence-electron chi connectivity index (χ2n) is 3.94. The largest absolute Gasteiger partial charge is 0.325 e. The number of nitro groups is 1. The Kier molecular flexibility index (Phi) is 4.38. The standard InChI is InChI=1S/C12H12N4O3S/c13-6-12-14-8(7-20-12)5-11(17)15-9-3-1-2-4-10(9)16(18)19/h1-4,7H,5-6,13H2,(H,15,17). The van der Waals surface area contributed by atoms with Gasteiger partial charge in [-0.1, -0.05) is 12.1 Å². The summed E-state index contributed by atoms with van der Waals surface area (Å²) in [6.07, 6.45) is 0.0581. The molecule has 104 valence electrons. The van der Waals surface area contributed by atoms with Crippen molar-refractivity contribution in [2.75, 3.05) is 5.32 Å². The number of carbonyl (C=O) groups excluding carboxylic acids is 1. The first-order chi connectivity index (χ1) is 9.60. The lowest BCUT2D eigenvalue weighted by molar-refractivity contribution is -0.383. The highest BCUT2D eigenvalue weighted by atomic mass is 32.1. The van der Waals surface area contributed by atoms with Crippen molar-refractivity contribution in [1.29, 1.82) is 0 Å². The van der Waals surface area contributed by atoms with Crippen LogP contribution in [0.2, 0.25) is 0 Å². The van der Waals surface area contributed by atoms with Gasteiger partial charge in [0.1, 0.15) is 10.7 Å². The van der Waals surface area contributed by atoms with E-state index in [4.69, 9.17) is 5.73 Å². The summed E-state index contributed by atoms with van der Waals surface area (Å²) in [7, 11) is 0. The van der Waals surface area contributed by atoms with Gasteiger partial charge in [0, 0.05) is 18.0 Å². The van der Waals surface area contributed by atoms with Crippen LogP contribution in [-0.2, 0) is 17.8 Å². The summed E-state index contributed by atoms with van der Waals surface area (Å²) in [6, 6.07) is 5.99. The molecule has 1 aromatic carbocycles. The van der Waals surface area contributed by atoms with E-state index in [0.717, 1.165) is 5.01 Å². The zero-order valence-corrected chi connectivity index (χ0v) is 11.2. The minimum Gasteiger partial charge on any atom is -0.325 e. The predicted octanol–water partition coefficient (Wildman–Crippen LogP) is 1.69. The summed E-state index contributed by atoms with van der Waals surface area (Å²) in [5, 5.41) is 15.9. The van der Waals surface area contributed by atoms with Crippen LogP contribution in [0.15, 0.2) is 29.6 Å². The van der Waals surface area contributed by atoms with E-state index in [9.17, 15) is 14.9 Å². The molecule has 7 nitrogen and oxygen atoms in total. The fourth-order valence-corrected chi connectivity index (χ4v) is 2.30. The molecule has 2 aromatic rings. The molecule has 0 aliphatic rings. The highest BCUT2D eigenvalue weighted by Gasteiger charge is 2.15. The Morgan fingerprint density at radius 3 is 2.85 bits per heavy atom. The van der Waals surface area contributed by atoms with Gasteiger partial charge in [-0.2, -0.15) is 0 Å². The van der Waals surface area contributed by atoms with Gasteiger partial charge < -0.3 is 11.1 Å². The number of aromatic nitrogens is 1. The van der Waals surface area contributed by atoms with Gasteiger partial charge in [-0.05, 0) is 6.07 Å². The average Bonchev–Trinajstić information content (AvgIpc) is 2.86. The fraction of sp³-hybridized carbons (Fsp3) is 0.167. The zero-order valence-electron chi connectivity index (χ0n) is 10.4. The van der Waals surface area contributed by atoms with E-state index in [1.54, 1.807) is 17.5 Å². The normalized spacial score (nSPS) is 10.2. The van der Waals surface area contributed by atoms with Crippen molar-refractivity contribution in [2.45, 2.75) is 13.0 Å². The average molecular weight is 292 g/mol. The number of para-hydroxylation sites is 2. The molecule has 2 rings (SSSR count). The van der Waals surface area contributed by atoms with Crippen LogP contribution < -0.4 is 11.1 Å². The molecule has 1 amide bonds. The quantitative estimate of drug-likeness (QED) is 0.643. The van der Waals surface area contributed by atoms with Gasteiger partial charge in [-0.3, -0.25) is 14.9 Å². The van der Waals surface area contributed by atoms with Crippen LogP contribution in [0.3, 0.4) is 0 Å². The van der Waals surface area contributed by atoms with Crippen molar-refractivity contribution < 1.29 is 9.72 Å². The molecule has 1 aromatic heterocycles. The lowest BCUT2D eigenvalue weighted by Crippen LogP contribution is -2.15. The molecule has 0 bridgehead atoms. The van der Waals surface area contributed by atoms with Crippen LogP contribution in [-0.4, -0.2) is 15.8 Å². The lowest BCUT2D eigenvalue weighted by Gasteiger charge is -2.04. The van der Waals surface area contributed by atoms with Crippen LogP contribution in [0.1, 0.15) is 10.7 Å². The minimum atomic E-state index is -0.537. The van der Waals surface area contributed by atoms with Crippen LogP contribution in [0.4, 0.5) is 11.4 Å². The summed E-state index contributed by atoms with van der Waals surface area (Å²) in [5.41, 5.74) is 6.09. The van der Waals surface area contributed by atoms with E-state index < -0.39 is 4.92 Å². The molecule has 0 saturated heterocycles. The summed E-state index contributed by atoms with van der Waals surface area (Å²) in [6.45, 7) is 0.330. The maximum Gasteiger partial charge on any atom is 0.292 e. The predicted molar refractivity (Wildman–Crippen MR) is 75.4 cm³/mol. The number of rotatable bonds is 5. The number of nitrogens with one attached hydrogen (secondary N) is 1. The van der Waals surface area contributed by atoms with Crippen LogP contribution in [0.25, 0.3) is 0 Å². The molecule has 0 aliphatic heterocycles. The molecule has 1 heterocycles. The molecule has 0 aliphatic carbocycles. The van der Waals surface area contributed by atoms with E-state index in [2.05, 4.69) is 10.3 Å². The van der Waals surface area contributed by atoms with Gasteiger partial charge in [0.25, 0.3) is 5.69 Å². The van der Waals surface area contributed by atoms with Crippen molar-refractivity contribution >= 4 is 28.6 Å². The monoisotopic (exact) mass is 292 g/mol. The van der Waals surface area contributed by atoms with Gasteiger partial charge in [-0.25, -0.2) is 4.98 Å². The van der Waals surface area contributed by atoms with Crippen LogP contribution in [0, 0.1) is 10.1 Å². The zero-order chi connectivity index (χ0) is 14.5. The van der Waals surface area contributed by atoms with Crippen molar-refractivity contribution in [2.24, 2.45) is 5.73 Å². The van der Waals surface area contributed by atoms with Crippen LogP contribution >= 0.6 is 11.3 Å². The molecular weight excluding hydrogens is 280 g/mol. The molecule has 0 saturated carbocycles. The topological polar surface area (TPSA) is 111 Å². The Labute approximate surface area is 118 Å². The van der Waals surface area contributed by atoms with E-state index in [1.165, 1.54) is 23.5 Å². The Bertz CT molecular complexity index is 641. The maximum atomic E-state index is 11.9. The minimum absolute atomic E-state index is 0.0581. The third-order valence-corrected chi connectivity index (χ3v) is 3.41. The first-order valence-electron chi connectivity index (χ1n) is 5.76. The summed E-state index contributed by atoms with van der Waals surface area (Å²) in [4.78, 5) is 26.3. The number of carbonyl (C=O) groups is 1. The lowest BCUT2D eigenvalue weighted by atomic mass is 10.2. The van der Waals surface area contributed by atoms with E-state index in [1.807, 2.05) is 0 Å². The Morgan fingerprint density at radius 1 is 1.45 bits per heavy atom. The third-order valence-electron chi connectivity index (χ3n) is 2.49. The Hall–Kier alpha value is -2.32. The summed E-state index contributed by atoms with van der Waals surface area (Å²) in [5.74, 6) is -0.354. The number of amides is 1. The third kappa shape index (κ3) is 3.37. The maximum absolute atomic E-state index is 11.9. The molecule has 0 radical (unpaired) electrons.